The SMILES string of the molecule is COc1cc(N2CCc3nc(NC(=O)NCCC(=O)O)sc3C2)nc(OC)n1.COc1cc(N2CCc3nc(NC(=O)NCCC(=O)OC(C)(C)C)sc3C2)nc(OC)n1. The Morgan fingerprint density at radius 3 is 1.53 bits per heavy atom. The van der Waals surface area contributed by atoms with Gasteiger partial charge in [-0.1, -0.05) is 22.7 Å². The number of urea groups is 2. The summed E-state index contributed by atoms with van der Waals surface area (Å²) in [6.07, 6.45) is 1.37. The Kier molecular flexibility index (Phi) is 15.4. The average Bonchev–Trinajstić information content (AvgIpc) is 3.81. The highest BCUT2D eigenvalue weighted by Gasteiger charge is 2.25. The average molecular weight is 873 g/mol. The van der Waals surface area contributed by atoms with Gasteiger partial charge < -0.3 is 49.2 Å². The van der Waals surface area contributed by atoms with E-state index in [0.29, 0.717) is 72.7 Å². The van der Waals surface area contributed by atoms with E-state index in [-0.39, 0.29) is 43.9 Å². The van der Waals surface area contributed by atoms with Gasteiger partial charge in [0.1, 0.15) is 17.2 Å². The van der Waals surface area contributed by atoms with Gasteiger partial charge in [-0.2, -0.15) is 19.9 Å². The number of ether oxygens (including phenoxy) is 5. The van der Waals surface area contributed by atoms with Crippen LogP contribution in [0.1, 0.15) is 54.8 Å². The van der Waals surface area contributed by atoms with Crippen LogP contribution in [-0.2, 0) is 40.3 Å². The summed E-state index contributed by atoms with van der Waals surface area (Å²) in [7, 11) is 6.07. The first-order chi connectivity index (χ1) is 28.6. The molecule has 2 aliphatic heterocycles. The maximum absolute atomic E-state index is 12.2. The van der Waals surface area contributed by atoms with E-state index in [4.69, 9.17) is 28.8 Å². The van der Waals surface area contributed by atoms with Gasteiger partial charge in [0.2, 0.25) is 11.8 Å². The molecular formula is C36H48N12O10S2. The molecule has 0 spiro atoms. The van der Waals surface area contributed by atoms with E-state index < -0.39 is 23.6 Å². The number of carbonyl (C=O) groups is 4. The lowest BCUT2D eigenvalue weighted by molar-refractivity contribution is -0.154. The maximum Gasteiger partial charge on any atom is 0.321 e. The second kappa shape index (κ2) is 20.6. The molecule has 6 heterocycles. The van der Waals surface area contributed by atoms with Crippen LogP contribution in [0.2, 0.25) is 0 Å². The number of anilines is 4. The van der Waals surface area contributed by atoms with Crippen molar-refractivity contribution in [3.63, 3.8) is 0 Å². The predicted octanol–water partition coefficient (Wildman–Crippen LogP) is 3.48. The minimum atomic E-state index is -0.969. The minimum Gasteiger partial charge on any atom is -0.481 e. The number of nitrogens with one attached hydrogen (secondary N) is 4. The highest BCUT2D eigenvalue weighted by molar-refractivity contribution is 7.16. The number of aliphatic carboxylic acids is 1. The van der Waals surface area contributed by atoms with Crippen LogP contribution in [0.4, 0.5) is 31.5 Å². The van der Waals surface area contributed by atoms with Crippen molar-refractivity contribution in [1.82, 2.24) is 40.5 Å². The van der Waals surface area contributed by atoms with E-state index in [1.807, 2.05) is 0 Å². The van der Waals surface area contributed by atoms with Crippen LogP contribution in [0, 0.1) is 0 Å². The third kappa shape index (κ3) is 13.1. The van der Waals surface area contributed by atoms with Crippen LogP contribution in [0.3, 0.4) is 0 Å². The smallest absolute Gasteiger partial charge is 0.321 e. The zero-order valence-corrected chi connectivity index (χ0v) is 35.9. The first kappa shape index (κ1) is 44.8. The molecule has 0 aliphatic carbocycles. The lowest BCUT2D eigenvalue weighted by Crippen LogP contribution is -2.32. The number of nitrogens with zero attached hydrogens (tertiary/aromatic N) is 8. The van der Waals surface area contributed by atoms with E-state index in [0.717, 1.165) is 21.1 Å². The normalized spacial score (nSPS) is 13.1. The van der Waals surface area contributed by atoms with Crippen LogP contribution in [-0.4, -0.2) is 119 Å². The summed E-state index contributed by atoms with van der Waals surface area (Å²) < 4.78 is 25.9. The van der Waals surface area contributed by atoms with Gasteiger partial charge in [-0.05, 0) is 20.8 Å². The molecule has 0 unspecified atom stereocenters. The van der Waals surface area contributed by atoms with E-state index in [1.54, 1.807) is 40.0 Å². The number of fused-ring (bicyclic) bond motifs is 2. The molecule has 60 heavy (non-hydrogen) atoms. The molecule has 0 bridgehead atoms. The summed E-state index contributed by atoms with van der Waals surface area (Å²) >= 11 is 2.78. The van der Waals surface area contributed by atoms with Gasteiger partial charge in [-0.3, -0.25) is 20.2 Å². The fourth-order valence-electron chi connectivity index (χ4n) is 5.63. The number of amides is 4. The summed E-state index contributed by atoms with van der Waals surface area (Å²) in [5.41, 5.74) is 1.33. The summed E-state index contributed by atoms with van der Waals surface area (Å²) in [4.78, 5) is 78.4. The topological polar surface area (TPSA) is 267 Å². The third-order valence-corrected chi connectivity index (χ3v) is 10.3. The summed E-state index contributed by atoms with van der Waals surface area (Å²) in [6.45, 7) is 8.22. The van der Waals surface area contributed by atoms with E-state index in [1.165, 1.54) is 44.0 Å². The molecule has 2 aliphatic rings. The molecule has 22 nitrogen and oxygen atoms in total. The largest absolute Gasteiger partial charge is 0.481 e. The number of carbonyl (C=O) groups excluding carboxylic acids is 3. The molecule has 0 saturated heterocycles. The summed E-state index contributed by atoms with van der Waals surface area (Å²) in [5, 5.41) is 20.1. The summed E-state index contributed by atoms with van der Waals surface area (Å²) in [5.74, 6) is 0.888. The first-order valence-electron chi connectivity index (χ1n) is 18.6. The van der Waals surface area contributed by atoms with E-state index >= 15 is 0 Å². The van der Waals surface area contributed by atoms with E-state index in [9.17, 15) is 19.2 Å². The molecule has 6 rings (SSSR count). The maximum atomic E-state index is 12.2. The lowest BCUT2D eigenvalue weighted by Gasteiger charge is -2.27. The van der Waals surface area contributed by atoms with Crippen LogP contribution in [0.15, 0.2) is 12.1 Å². The molecule has 0 radical (unpaired) electrons. The van der Waals surface area contributed by atoms with Crippen molar-refractivity contribution in [1.29, 1.82) is 0 Å². The second-order valence-electron chi connectivity index (χ2n) is 13.9. The number of methoxy groups -OCH3 is 4. The van der Waals surface area contributed by atoms with Crippen molar-refractivity contribution in [2.75, 3.05) is 75.1 Å². The number of hydrogen-bond donors (Lipinski definition) is 5. The Bertz CT molecular complexity index is 2100. The Hall–Kier alpha value is -6.30. The van der Waals surface area contributed by atoms with Crippen molar-refractivity contribution in [2.24, 2.45) is 0 Å². The van der Waals surface area contributed by atoms with Gasteiger partial charge in [-0.15, -0.1) is 0 Å². The number of hydrogen-bond acceptors (Lipinski definition) is 19. The predicted molar refractivity (Wildman–Crippen MR) is 221 cm³/mol. The monoisotopic (exact) mass is 872 g/mol. The number of carboxylic acid groups (broad SMARTS) is 1. The number of aromatic nitrogens is 6. The fraction of sp³-hybridized carbons (Fsp3) is 0.500. The second-order valence-corrected chi connectivity index (χ2v) is 16.0. The Labute approximate surface area is 353 Å². The van der Waals surface area contributed by atoms with Gasteiger partial charge in [0.25, 0.3) is 0 Å². The van der Waals surface area contributed by atoms with Crippen molar-refractivity contribution in [2.45, 2.75) is 65.1 Å². The van der Waals surface area contributed by atoms with Crippen LogP contribution in [0.5, 0.6) is 23.8 Å². The standard InChI is InChI=1S/C20H28N6O5S.C16H20N6O5S/c1-20(2,3)31-16(27)6-8-21-17(28)25-19-22-12-7-9-26(11-13(12)32-19)14-10-15(29-4)24-18(23-14)30-5;1-26-12-7-11(19-15(20-12)27-2)22-6-4-9-10(8-22)28-16(18-9)21-14(25)17-5-3-13(23)24/h10H,6-9,11H2,1-5H3,(H2,21,22,25,28);7H,3-6,8H2,1-2H3,(H,23,24)(H2,17,18,21,25). The van der Waals surface area contributed by atoms with Crippen LogP contribution < -0.4 is 50.0 Å². The fourth-order valence-corrected chi connectivity index (χ4v) is 7.66. The van der Waals surface area contributed by atoms with Crippen LogP contribution >= 0.6 is 22.7 Å². The molecule has 4 aromatic heterocycles. The quantitative estimate of drug-likeness (QED) is 0.114. The van der Waals surface area contributed by atoms with Gasteiger partial charge in [-0.25, -0.2) is 19.6 Å². The summed E-state index contributed by atoms with van der Waals surface area (Å²) in [6, 6.07) is 3.07. The molecule has 0 aromatic carbocycles. The zero-order chi connectivity index (χ0) is 43.4. The highest BCUT2D eigenvalue weighted by atomic mass is 32.1. The Morgan fingerprint density at radius 2 is 1.13 bits per heavy atom. The molecule has 4 amide bonds. The molecule has 324 valence electrons. The molecule has 0 atom stereocenters. The van der Waals surface area contributed by atoms with Gasteiger partial charge in [0, 0.05) is 60.9 Å². The number of thiazole rings is 2. The molecule has 0 fully saturated rings. The van der Waals surface area contributed by atoms with E-state index in [2.05, 4.69) is 61.0 Å². The zero-order valence-electron chi connectivity index (χ0n) is 34.2. The lowest BCUT2D eigenvalue weighted by atomic mass is 10.2. The van der Waals surface area contributed by atoms with Gasteiger partial charge in [0.05, 0.1) is 65.8 Å². The number of esters is 1. The third-order valence-electron chi connectivity index (χ3n) is 8.33. The van der Waals surface area contributed by atoms with Crippen LogP contribution in [0.25, 0.3) is 0 Å². The Morgan fingerprint density at radius 1 is 0.683 bits per heavy atom. The minimum absolute atomic E-state index is 0.0530. The van der Waals surface area contributed by atoms with Crippen molar-refractivity contribution >= 4 is 68.6 Å². The van der Waals surface area contributed by atoms with Crippen molar-refractivity contribution in [3.05, 3.63) is 33.3 Å². The molecule has 0 saturated carbocycles. The Balaban J connectivity index is 0.000000230. The highest BCUT2D eigenvalue weighted by Crippen LogP contribution is 2.33. The number of carboxylic acids is 1. The van der Waals surface area contributed by atoms with Crippen molar-refractivity contribution < 1.29 is 48.0 Å². The van der Waals surface area contributed by atoms with Crippen molar-refractivity contribution in [3.8, 4) is 23.8 Å². The molecule has 24 heteroatoms. The molecule has 5 N–H and O–H groups in total. The van der Waals surface area contributed by atoms with Gasteiger partial charge >= 0.3 is 36.0 Å². The number of rotatable bonds is 14. The first-order valence-corrected chi connectivity index (χ1v) is 20.2. The van der Waals surface area contributed by atoms with Gasteiger partial charge in [0.15, 0.2) is 10.3 Å². The molecular weight excluding hydrogens is 825 g/mol. The molecule has 4 aromatic rings.